The molecule has 1 aliphatic rings. The second-order valence-electron chi connectivity index (χ2n) is 4.24. The summed E-state index contributed by atoms with van der Waals surface area (Å²) in [6.07, 6.45) is 3.66. The van der Waals surface area contributed by atoms with Crippen LogP contribution in [0.3, 0.4) is 0 Å². The molecule has 1 aromatic rings. The second kappa shape index (κ2) is 6.09. The van der Waals surface area contributed by atoms with E-state index >= 15 is 0 Å². The van der Waals surface area contributed by atoms with E-state index in [-0.39, 0.29) is 12.2 Å². The molecule has 2 heterocycles. The summed E-state index contributed by atoms with van der Waals surface area (Å²) < 4.78 is 15.8. The maximum absolute atomic E-state index is 5.54. The van der Waals surface area contributed by atoms with Gasteiger partial charge in [-0.2, -0.15) is 4.98 Å². The van der Waals surface area contributed by atoms with Gasteiger partial charge in [0.1, 0.15) is 0 Å². The van der Waals surface area contributed by atoms with Crippen molar-refractivity contribution < 1.29 is 14.0 Å². The third kappa shape index (κ3) is 3.49. The van der Waals surface area contributed by atoms with Gasteiger partial charge in [0.15, 0.2) is 5.82 Å². The van der Waals surface area contributed by atoms with Gasteiger partial charge in [0.05, 0.1) is 18.6 Å². The molecule has 0 spiro atoms. The van der Waals surface area contributed by atoms with Crippen molar-refractivity contribution >= 4 is 0 Å². The van der Waals surface area contributed by atoms with Crippen LogP contribution in [-0.4, -0.2) is 42.6 Å². The number of methoxy groups -OCH3 is 1. The lowest BCUT2D eigenvalue weighted by atomic mass is 10.2. The molecule has 1 aromatic heterocycles. The highest BCUT2D eigenvalue weighted by atomic mass is 16.5. The Morgan fingerprint density at radius 2 is 2.47 bits per heavy atom. The van der Waals surface area contributed by atoms with Crippen molar-refractivity contribution in [3.8, 4) is 0 Å². The molecule has 0 aliphatic carbocycles. The zero-order valence-electron chi connectivity index (χ0n) is 10.1. The summed E-state index contributed by atoms with van der Waals surface area (Å²) in [6.45, 7) is 1.29. The predicted molar refractivity (Wildman–Crippen MR) is 60.5 cm³/mol. The Morgan fingerprint density at radius 3 is 3.12 bits per heavy atom. The molecule has 0 bridgehead atoms. The number of aromatic nitrogens is 2. The van der Waals surface area contributed by atoms with Gasteiger partial charge >= 0.3 is 0 Å². The molecule has 2 rings (SSSR count). The van der Waals surface area contributed by atoms with E-state index in [1.165, 1.54) is 0 Å². The molecular weight excluding hydrogens is 222 g/mol. The molecule has 0 radical (unpaired) electrons. The van der Waals surface area contributed by atoms with Crippen LogP contribution >= 0.6 is 0 Å². The van der Waals surface area contributed by atoms with E-state index in [2.05, 4.69) is 10.1 Å². The number of hydrogen-bond donors (Lipinski definition) is 1. The fraction of sp³-hybridized carbons (Fsp3) is 0.818. The Kier molecular flexibility index (Phi) is 4.47. The molecule has 2 atom stereocenters. The Labute approximate surface area is 100 Å². The highest BCUT2D eigenvalue weighted by Crippen LogP contribution is 2.16. The van der Waals surface area contributed by atoms with Gasteiger partial charge in [-0.3, -0.25) is 0 Å². The maximum atomic E-state index is 5.54. The van der Waals surface area contributed by atoms with E-state index in [4.69, 9.17) is 19.7 Å². The average molecular weight is 241 g/mol. The smallest absolute Gasteiger partial charge is 0.229 e. The van der Waals surface area contributed by atoms with Gasteiger partial charge in [-0.15, -0.1) is 0 Å². The Balaban J connectivity index is 1.86. The van der Waals surface area contributed by atoms with Crippen LogP contribution in [0.5, 0.6) is 0 Å². The Hall–Kier alpha value is -0.980. The van der Waals surface area contributed by atoms with Crippen LogP contribution in [0.1, 0.15) is 24.6 Å². The normalized spacial score (nSPS) is 21.9. The van der Waals surface area contributed by atoms with Gasteiger partial charge in [0, 0.05) is 26.7 Å². The van der Waals surface area contributed by atoms with Crippen molar-refractivity contribution in [3.05, 3.63) is 11.7 Å². The third-order valence-electron chi connectivity index (χ3n) is 2.94. The zero-order valence-corrected chi connectivity index (χ0v) is 10.1. The van der Waals surface area contributed by atoms with Gasteiger partial charge < -0.3 is 19.7 Å². The molecule has 0 aromatic carbocycles. The molecule has 96 valence electrons. The highest BCUT2D eigenvalue weighted by Gasteiger charge is 2.19. The van der Waals surface area contributed by atoms with E-state index in [0.717, 1.165) is 25.9 Å². The van der Waals surface area contributed by atoms with E-state index in [1.54, 1.807) is 7.11 Å². The SMILES string of the molecule is COC(CN)Cc1nc(CC2CCCO2)no1. The van der Waals surface area contributed by atoms with Crippen LogP contribution in [-0.2, 0) is 22.3 Å². The fourth-order valence-corrected chi connectivity index (χ4v) is 1.92. The van der Waals surface area contributed by atoms with Crippen molar-refractivity contribution in [2.45, 2.75) is 37.9 Å². The summed E-state index contributed by atoms with van der Waals surface area (Å²) in [7, 11) is 1.63. The van der Waals surface area contributed by atoms with Crippen LogP contribution in [0, 0.1) is 0 Å². The lowest BCUT2D eigenvalue weighted by Crippen LogP contribution is -2.24. The van der Waals surface area contributed by atoms with Crippen molar-refractivity contribution in [3.63, 3.8) is 0 Å². The minimum atomic E-state index is -0.0639. The van der Waals surface area contributed by atoms with Crippen molar-refractivity contribution in [1.82, 2.24) is 10.1 Å². The van der Waals surface area contributed by atoms with Crippen molar-refractivity contribution in [2.75, 3.05) is 20.3 Å². The summed E-state index contributed by atoms with van der Waals surface area (Å²) in [5.74, 6) is 1.29. The van der Waals surface area contributed by atoms with Gasteiger partial charge in [-0.25, -0.2) is 0 Å². The summed E-state index contributed by atoms with van der Waals surface area (Å²) in [6, 6.07) is 0. The molecule has 2 N–H and O–H groups in total. The molecule has 17 heavy (non-hydrogen) atoms. The zero-order chi connectivity index (χ0) is 12.1. The Bertz CT molecular complexity index is 314. The molecule has 6 nitrogen and oxygen atoms in total. The van der Waals surface area contributed by atoms with Crippen molar-refractivity contribution in [2.24, 2.45) is 5.73 Å². The summed E-state index contributed by atoms with van der Waals surface area (Å²) in [4.78, 5) is 4.32. The molecule has 2 unspecified atom stereocenters. The van der Waals surface area contributed by atoms with Crippen LogP contribution in [0.25, 0.3) is 0 Å². The summed E-state index contributed by atoms with van der Waals surface area (Å²) in [5, 5.41) is 3.94. The van der Waals surface area contributed by atoms with E-state index in [1.807, 2.05) is 0 Å². The molecule has 0 amide bonds. The molecule has 1 aliphatic heterocycles. The summed E-state index contributed by atoms with van der Waals surface area (Å²) in [5.41, 5.74) is 5.54. The first-order valence-electron chi connectivity index (χ1n) is 5.97. The van der Waals surface area contributed by atoms with Crippen LogP contribution < -0.4 is 5.73 Å². The first-order chi connectivity index (χ1) is 8.31. The number of nitrogens with two attached hydrogens (primary N) is 1. The standard InChI is InChI=1S/C11H19N3O3/c1-15-9(7-12)6-11-13-10(14-17-11)5-8-3-2-4-16-8/h8-9H,2-7,12H2,1H3. The topological polar surface area (TPSA) is 83.4 Å². The first kappa shape index (κ1) is 12.5. The minimum Gasteiger partial charge on any atom is -0.380 e. The van der Waals surface area contributed by atoms with E-state index in [0.29, 0.717) is 24.7 Å². The van der Waals surface area contributed by atoms with Crippen LogP contribution in [0.2, 0.25) is 0 Å². The van der Waals surface area contributed by atoms with Gasteiger partial charge in [-0.1, -0.05) is 5.16 Å². The second-order valence-corrected chi connectivity index (χ2v) is 4.24. The molecule has 0 saturated carbocycles. The van der Waals surface area contributed by atoms with Gasteiger partial charge in [0.25, 0.3) is 0 Å². The number of hydrogen-bond acceptors (Lipinski definition) is 6. The molecule has 1 saturated heterocycles. The molecule has 1 fully saturated rings. The number of ether oxygens (including phenoxy) is 2. The van der Waals surface area contributed by atoms with Gasteiger partial charge in [-0.05, 0) is 12.8 Å². The predicted octanol–water partition coefficient (Wildman–Crippen LogP) is 0.307. The Morgan fingerprint density at radius 1 is 1.59 bits per heavy atom. The number of rotatable bonds is 6. The molecule has 6 heteroatoms. The van der Waals surface area contributed by atoms with Gasteiger partial charge in [0.2, 0.25) is 5.89 Å². The quantitative estimate of drug-likeness (QED) is 0.771. The fourth-order valence-electron chi connectivity index (χ4n) is 1.92. The largest absolute Gasteiger partial charge is 0.380 e. The monoisotopic (exact) mass is 241 g/mol. The van der Waals surface area contributed by atoms with Crippen LogP contribution in [0.15, 0.2) is 4.52 Å². The lowest BCUT2D eigenvalue weighted by molar-refractivity contribution is 0.102. The minimum absolute atomic E-state index is 0.0639. The van der Waals surface area contributed by atoms with Crippen LogP contribution in [0.4, 0.5) is 0 Å². The summed E-state index contributed by atoms with van der Waals surface area (Å²) >= 11 is 0. The lowest BCUT2D eigenvalue weighted by Gasteiger charge is -2.08. The first-order valence-corrected chi connectivity index (χ1v) is 5.97. The third-order valence-corrected chi connectivity index (χ3v) is 2.94. The average Bonchev–Trinajstić information content (AvgIpc) is 2.98. The molecular formula is C11H19N3O3. The maximum Gasteiger partial charge on any atom is 0.229 e. The van der Waals surface area contributed by atoms with Crippen molar-refractivity contribution in [1.29, 1.82) is 0 Å². The van der Waals surface area contributed by atoms with E-state index in [9.17, 15) is 0 Å². The van der Waals surface area contributed by atoms with E-state index < -0.39 is 0 Å². The number of nitrogens with zero attached hydrogens (tertiary/aromatic N) is 2. The highest BCUT2D eigenvalue weighted by molar-refractivity contribution is 4.91.